The van der Waals surface area contributed by atoms with E-state index in [0.29, 0.717) is 5.76 Å². The Morgan fingerprint density at radius 1 is 1.67 bits per heavy atom. The van der Waals surface area contributed by atoms with Crippen LogP contribution in [0.3, 0.4) is 0 Å². The standard InChI is InChI=1S/C7H10O2/c1-4-7(8)5-6(2)9-3/h4-5H,1H2,2-3H3/b6-5-. The summed E-state index contributed by atoms with van der Waals surface area (Å²) >= 11 is 0. The van der Waals surface area contributed by atoms with Crippen molar-refractivity contribution in [3.8, 4) is 0 Å². The van der Waals surface area contributed by atoms with E-state index in [4.69, 9.17) is 4.74 Å². The molecule has 0 aliphatic rings. The predicted octanol–water partition coefficient (Wildman–Crippen LogP) is 1.29. The lowest BCUT2D eigenvalue weighted by Gasteiger charge is -1.93. The van der Waals surface area contributed by atoms with E-state index in [2.05, 4.69) is 6.58 Å². The van der Waals surface area contributed by atoms with Gasteiger partial charge in [0, 0.05) is 6.08 Å². The SMILES string of the molecule is C=CC(=O)/C=C(/C)OC. The molecule has 0 heterocycles. The number of allylic oxidation sites excluding steroid dienone is 3. The van der Waals surface area contributed by atoms with Gasteiger partial charge in [0.05, 0.1) is 12.9 Å². The summed E-state index contributed by atoms with van der Waals surface area (Å²) < 4.78 is 4.72. The smallest absolute Gasteiger partial charge is 0.181 e. The van der Waals surface area contributed by atoms with E-state index >= 15 is 0 Å². The third-order valence-corrected chi connectivity index (χ3v) is 0.869. The Balaban J connectivity index is 3.94. The van der Waals surface area contributed by atoms with Gasteiger partial charge in [-0.15, -0.1) is 0 Å². The number of rotatable bonds is 3. The lowest BCUT2D eigenvalue weighted by Crippen LogP contribution is -1.88. The van der Waals surface area contributed by atoms with Gasteiger partial charge in [0.2, 0.25) is 0 Å². The van der Waals surface area contributed by atoms with Crippen LogP contribution in [0.2, 0.25) is 0 Å². The molecule has 0 N–H and O–H groups in total. The molecule has 0 amide bonds. The van der Waals surface area contributed by atoms with Gasteiger partial charge in [-0.25, -0.2) is 0 Å². The van der Waals surface area contributed by atoms with Gasteiger partial charge < -0.3 is 4.74 Å². The van der Waals surface area contributed by atoms with Crippen molar-refractivity contribution in [3.05, 3.63) is 24.5 Å². The zero-order valence-electron chi connectivity index (χ0n) is 5.68. The summed E-state index contributed by atoms with van der Waals surface area (Å²) in [7, 11) is 1.52. The molecule has 0 atom stereocenters. The van der Waals surface area contributed by atoms with Crippen molar-refractivity contribution in [2.45, 2.75) is 6.92 Å². The van der Waals surface area contributed by atoms with Crippen LogP contribution in [0.4, 0.5) is 0 Å². The summed E-state index contributed by atoms with van der Waals surface area (Å²) in [5.41, 5.74) is 0. The Morgan fingerprint density at radius 3 is 2.56 bits per heavy atom. The summed E-state index contributed by atoms with van der Waals surface area (Å²) in [5, 5.41) is 0. The van der Waals surface area contributed by atoms with E-state index in [1.807, 2.05) is 0 Å². The predicted molar refractivity (Wildman–Crippen MR) is 36.0 cm³/mol. The van der Waals surface area contributed by atoms with Crippen molar-refractivity contribution in [2.75, 3.05) is 7.11 Å². The molecule has 0 saturated carbocycles. The maximum absolute atomic E-state index is 10.5. The molecule has 0 rings (SSSR count). The minimum absolute atomic E-state index is 0.130. The van der Waals surface area contributed by atoms with Crippen LogP contribution in [0.15, 0.2) is 24.5 Å². The number of hydrogen-bond acceptors (Lipinski definition) is 2. The normalized spacial score (nSPS) is 10.7. The van der Waals surface area contributed by atoms with Crippen LogP contribution in [0.5, 0.6) is 0 Å². The Hall–Kier alpha value is -1.05. The molecule has 0 bridgehead atoms. The van der Waals surface area contributed by atoms with E-state index < -0.39 is 0 Å². The topological polar surface area (TPSA) is 26.3 Å². The second kappa shape index (κ2) is 3.89. The van der Waals surface area contributed by atoms with Crippen LogP contribution >= 0.6 is 0 Å². The quantitative estimate of drug-likeness (QED) is 0.420. The van der Waals surface area contributed by atoms with E-state index in [1.165, 1.54) is 19.3 Å². The van der Waals surface area contributed by atoms with Gasteiger partial charge in [-0.05, 0) is 13.0 Å². The Kier molecular flexibility index (Phi) is 3.44. The van der Waals surface area contributed by atoms with Crippen LogP contribution in [0.25, 0.3) is 0 Å². The summed E-state index contributed by atoms with van der Waals surface area (Å²) in [6.07, 6.45) is 2.62. The summed E-state index contributed by atoms with van der Waals surface area (Å²) in [4.78, 5) is 10.5. The fraction of sp³-hybridized carbons (Fsp3) is 0.286. The van der Waals surface area contributed by atoms with Crippen molar-refractivity contribution < 1.29 is 9.53 Å². The van der Waals surface area contributed by atoms with Gasteiger partial charge in [0.25, 0.3) is 0 Å². The van der Waals surface area contributed by atoms with Crippen molar-refractivity contribution in [3.63, 3.8) is 0 Å². The first-order chi connectivity index (χ1) is 4.20. The summed E-state index contributed by atoms with van der Waals surface area (Å²) in [6.45, 7) is 5.01. The molecule has 0 radical (unpaired) electrons. The lowest BCUT2D eigenvalue weighted by atomic mass is 10.3. The highest BCUT2D eigenvalue weighted by Crippen LogP contribution is 1.91. The fourth-order valence-corrected chi connectivity index (χ4v) is 0.318. The zero-order valence-corrected chi connectivity index (χ0v) is 5.68. The van der Waals surface area contributed by atoms with Crippen LogP contribution in [-0.4, -0.2) is 12.9 Å². The minimum atomic E-state index is -0.130. The Morgan fingerprint density at radius 2 is 2.22 bits per heavy atom. The molecule has 0 aliphatic carbocycles. The molecule has 0 aromatic rings. The monoisotopic (exact) mass is 126 g/mol. The lowest BCUT2D eigenvalue weighted by molar-refractivity contribution is -0.110. The van der Waals surface area contributed by atoms with Crippen molar-refractivity contribution in [2.24, 2.45) is 0 Å². The molecule has 0 aliphatic heterocycles. The second-order valence-corrected chi connectivity index (χ2v) is 1.57. The second-order valence-electron chi connectivity index (χ2n) is 1.57. The Bertz CT molecular complexity index is 145. The van der Waals surface area contributed by atoms with Crippen molar-refractivity contribution >= 4 is 5.78 Å². The maximum Gasteiger partial charge on any atom is 0.181 e. The molecule has 0 aromatic heterocycles. The third-order valence-electron chi connectivity index (χ3n) is 0.869. The fourth-order valence-electron chi connectivity index (χ4n) is 0.318. The number of ether oxygens (including phenoxy) is 1. The number of hydrogen-bond donors (Lipinski definition) is 0. The first-order valence-electron chi connectivity index (χ1n) is 2.59. The van der Waals surface area contributed by atoms with E-state index in [0.717, 1.165) is 0 Å². The Labute approximate surface area is 54.8 Å². The van der Waals surface area contributed by atoms with E-state index in [9.17, 15) is 4.79 Å². The summed E-state index contributed by atoms with van der Waals surface area (Å²) in [6, 6.07) is 0. The van der Waals surface area contributed by atoms with Crippen molar-refractivity contribution in [1.82, 2.24) is 0 Å². The van der Waals surface area contributed by atoms with Crippen LogP contribution < -0.4 is 0 Å². The van der Waals surface area contributed by atoms with Gasteiger partial charge >= 0.3 is 0 Å². The molecule has 0 fully saturated rings. The molecule has 0 saturated heterocycles. The van der Waals surface area contributed by atoms with E-state index in [-0.39, 0.29) is 5.78 Å². The zero-order chi connectivity index (χ0) is 7.28. The van der Waals surface area contributed by atoms with Gasteiger partial charge in [-0.3, -0.25) is 4.79 Å². The minimum Gasteiger partial charge on any atom is -0.501 e. The molecule has 2 heteroatoms. The molecule has 0 spiro atoms. The van der Waals surface area contributed by atoms with Gasteiger partial charge in [0.15, 0.2) is 5.78 Å². The average Bonchev–Trinajstić information content (AvgIpc) is 1.87. The average molecular weight is 126 g/mol. The van der Waals surface area contributed by atoms with Crippen molar-refractivity contribution in [1.29, 1.82) is 0 Å². The van der Waals surface area contributed by atoms with Gasteiger partial charge in [-0.2, -0.15) is 0 Å². The molecule has 2 nitrogen and oxygen atoms in total. The maximum atomic E-state index is 10.5. The molecule has 9 heavy (non-hydrogen) atoms. The number of carbonyl (C=O) groups is 1. The van der Waals surface area contributed by atoms with Gasteiger partial charge in [-0.1, -0.05) is 6.58 Å². The number of carbonyl (C=O) groups excluding carboxylic acids is 1. The summed E-state index contributed by atoms with van der Waals surface area (Å²) in [5.74, 6) is 0.467. The largest absolute Gasteiger partial charge is 0.501 e. The van der Waals surface area contributed by atoms with Crippen LogP contribution in [0, 0.1) is 0 Å². The third kappa shape index (κ3) is 3.53. The first-order valence-corrected chi connectivity index (χ1v) is 2.59. The van der Waals surface area contributed by atoms with Crippen LogP contribution in [0.1, 0.15) is 6.92 Å². The molecule has 50 valence electrons. The van der Waals surface area contributed by atoms with E-state index in [1.54, 1.807) is 6.92 Å². The molecule has 0 unspecified atom stereocenters. The molecular weight excluding hydrogens is 116 g/mol. The number of ketones is 1. The van der Waals surface area contributed by atoms with Gasteiger partial charge in [0.1, 0.15) is 0 Å². The highest BCUT2D eigenvalue weighted by Gasteiger charge is 1.89. The molecular formula is C7H10O2. The molecule has 0 aromatic carbocycles. The first kappa shape index (κ1) is 7.95. The van der Waals surface area contributed by atoms with Crippen LogP contribution in [-0.2, 0) is 9.53 Å². The highest BCUT2D eigenvalue weighted by molar-refractivity contribution is 5.98. The number of methoxy groups -OCH3 is 1. The highest BCUT2D eigenvalue weighted by atomic mass is 16.5.